The van der Waals surface area contributed by atoms with Crippen molar-refractivity contribution in [1.82, 2.24) is 5.32 Å². The van der Waals surface area contributed by atoms with Crippen molar-refractivity contribution in [3.05, 3.63) is 0 Å². The molecule has 96 valence electrons. The highest BCUT2D eigenvalue weighted by Crippen LogP contribution is 2.46. The van der Waals surface area contributed by atoms with Crippen LogP contribution in [0.25, 0.3) is 0 Å². The molecule has 0 aliphatic heterocycles. The van der Waals surface area contributed by atoms with Gasteiger partial charge in [-0.1, -0.05) is 13.8 Å². The molecule has 0 radical (unpaired) electrons. The zero-order valence-corrected chi connectivity index (χ0v) is 10.5. The molecule has 0 fully saturated rings. The number of nitrogens with one attached hydrogen (secondary N) is 1. The molecule has 7 heteroatoms. The average Bonchev–Trinajstić information content (AvgIpc) is 2.15. The highest BCUT2D eigenvalue weighted by Gasteiger charge is 2.35. The van der Waals surface area contributed by atoms with E-state index in [2.05, 4.69) is 5.32 Å². The molecule has 0 unspecified atom stereocenters. The van der Waals surface area contributed by atoms with E-state index in [0.717, 1.165) is 0 Å². The first-order valence-corrected chi connectivity index (χ1v) is 7.00. The van der Waals surface area contributed by atoms with Gasteiger partial charge in [0.05, 0.1) is 6.16 Å². The number of hydrogen-bond donors (Lipinski definition) is 4. The summed E-state index contributed by atoms with van der Waals surface area (Å²) in [5.41, 5.74) is -0.696. The molecule has 0 aromatic carbocycles. The van der Waals surface area contributed by atoms with Crippen molar-refractivity contribution in [2.75, 3.05) is 12.9 Å². The topological polar surface area (TPSA) is 107 Å². The summed E-state index contributed by atoms with van der Waals surface area (Å²) in [5, 5.41) is 10.7. The van der Waals surface area contributed by atoms with Crippen LogP contribution in [0.2, 0.25) is 0 Å². The van der Waals surface area contributed by atoms with Gasteiger partial charge in [-0.3, -0.25) is 9.36 Å². The lowest BCUT2D eigenvalue weighted by Gasteiger charge is -2.31. The Morgan fingerprint density at radius 3 is 2.12 bits per heavy atom. The largest absolute Gasteiger partial charge is 0.377 e. The summed E-state index contributed by atoms with van der Waals surface area (Å²) in [5.74, 6) is -0.389. The van der Waals surface area contributed by atoms with Gasteiger partial charge in [0.15, 0.2) is 0 Å². The van der Waals surface area contributed by atoms with Crippen molar-refractivity contribution in [3.8, 4) is 0 Å². The average molecular weight is 253 g/mol. The zero-order chi connectivity index (χ0) is 12.8. The van der Waals surface area contributed by atoms with Crippen LogP contribution >= 0.6 is 7.60 Å². The maximum atomic E-state index is 11.3. The maximum Gasteiger partial charge on any atom is 0.326 e. The third-order valence-corrected chi connectivity index (χ3v) is 3.94. The van der Waals surface area contributed by atoms with Crippen LogP contribution in [0.1, 0.15) is 33.1 Å². The molecule has 0 spiro atoms. The summed E-state index contributed by atoms with van der Waals surface area (Å²) in [6, 6.07) is 0. The molecule has 0 rings (SSSR count). The molecular weight excluding hydrogens is 233 g/mol. The minimum atomic E-state index is -4.14. The van der Waals surface area contributed by atoms with Crippen molar-refractivity contribution in [2.24, 2.45) is 5.41 Å². The number of carbonyl (C=O) groups excluding carboxylic acids is 1. The van der Waals surface area contributed by atoms with Gasteiger partial charge in [-0.2, -0.15) is 0 Å². The molecular formula is C9H20NO5P. The van der Waals surface area contributed by atoms with Gasteiger partial charge in [-0.05, 0) is 18.3 Å². The Balaban J connectivity index is 4.68. The normalized spacial score (nSPS) is 12.6. The minimum absolute atomic E-state index is 0.0195. The summed E-state index contributed by atoms with van der Waals surface area (Å²) >= 11 is 0. The Morgan fingerprint density at radius 1 is 1.31 bits per heavy atom. The Kier molecular flexibility index (Phi) is 6.18. The lowest BCUT2D eigenvalue weighted by atomic mass is 9.81. The van der Waals surface area contributed by atoms with Crippen molar-refractivity contribution in [1.29, 1.82) is 0 Å². The van der Waals surface area contributed by atoms with E-state index >= 15 is 0 Å². The van der Waals surface area contributed by atoms with Crippen LogP contribution in [-0.4, -0.2) is 33.7 Å². The van der Waals surface area contributed by atoms with Gasteiger partial charge >= 0.3 is 7.60 Å². The highest BCUT2D eigenvalue weighted by atomic mass is 31.2. The van der Waals surface area contributed by atoms with Gasteiger partial charge in [0.1, 0.15) is 6.73 Å². The van der Waals surface area contributed by atoms with E-state index in [1.54, 1.807) is 13.8 Å². The van der Waals surface area contributed by atoms with Crippen LogP contribution in [0, 0.1) is 5.41 Å². The van der Waals surface area contributed by atoms with Crippen LogP contribution < -0.4 is 5.32 Å². The molecule has 0 saturated carbocycles. The first kappa shape index (κ1) is 15.6. The quantitative estimate of drug-likeness (QED) is 0.389. The van der Waals surface area contributed by atoms with E-state index < -0.39 is 19.7 Å². The van der Waals surface area contributed by atoms with Crippen molar-refractivity contribution in [2.45, 2.75) is 33.1 Å². The number of rotatable bonds is 7. The third kappa shape index (κ3) is 5.61. The van der Waals surface area contributed by atoms with Gasteiger partial charge < -0.3 is 20.2 Å². The molecule has 0 aliphatic carbocycles. The Hall–Kier alpha value is -0.420. The standard InChI is InChI=1S/C9H20NO5P/c1-3-9(4-2,6-16(13,14)15)5-8(12)10-7-11/h11H,3-7H2,1-2H3,(H,10,12)(H2,13,14,15). The first-order chi connectivity index (χ1) is 7.28. The molecule has 16 heavy (non-hydrogen) atoms. The van der Waals surface area contributed by atoms with Crippen LogP contribution in [0.15, 0.2) is 0 Å². The smallest absolute Gasteiger partial charge is 0.326 e. The van der Waals surface area contributed by atoms with E-state index in [4.69, 9.17) is 14.9 Å². The predicted molar refractivity (Wildman–Crippen MR) is 59.8 cm³/mol. The number of aliphatic hydroxyl groups is 1. The molecule has 0 heterocycles. The Labute approximate surface area is 95.2 Å². The van der Waals surface area contributed by atoms with Gasteiger partial charge in [-0.15, -0.1) is 0 Å². The minimum Gasteiger partial charge on any atom is -0.377 e. The van der Waals surface area contributed by atoms with Crippen LogP contribution in [0.5, 0.6) is 0 Å². The highest BCUT2D eigenvalue weighted by molar-refractivity contribution is 7.51. The van der Waals surface area contributed by atoms with Gasteiger partial charge in [0.25, 0.3) is 0 Å². The number of hydrogen-bond acceptors (Lipinski definition) is 3. The number of aliphatic hydroxyl groups excluding tert-OH is 1. The molecule has 0 bridgehead atoms. The lowest BCUT2D eigenvalue weighted by Crippen LogP contribution is -2.34. The zero-order valence-electron chi connectivity index (χ0n) is 9.64. The van der Waals surface area contributed by atoms with Crippen LogP contribution in [-0.2, 0) is 9.36 Å². The summed E-state index contributed by atoms with van der Waals surface area (Å²) in [7, 11) is -4.14. The number of carbonyl (C=O) groups is 1. The SMILES string of the molecule is CCC(CC)(CC(=O)NCO)CP(=O)(O)O. The summed E-state index contributed by atoms with van der Waals surface area (Å²) in [6.45, 7) is 3.13. The molecule has 6 nitrogen and oxygen atoms in total. The lowest BCUT2D eigenvalue weighted by molar-refractivity contribution is -0.124. The van der Waals surface area contributed by atoms with Gasteiger partial charge in [-0.25, -0.2) is 0 Å². The van der Waals surface area contributed by atoms with Crippen molar-refractivity contribution in [3.63, 3.8) is 0 Å². The fourth-order valence-electron chi connectivity index (χ4n) is 1.71. The van der Waals surface area contributed by atoms with Gasteiger partial charge in [0.2, 0.25) is 5.91 Å². The molecule has 4 N–H and O–H groups in total. The maximum absolute atomic E-state index is 11.3. The van der Waals surface area contributed by atoms with Crippen molar-refractivity contribution >= 4 is 13.5 Å². The van der Waals surface area contributed by atoms with E-state index in [1.807, 2.05) is 0 Å². The van der Waals surface area contributed by atoms with Crippen LogP contribution in [0.3, 0.4) is 0 Å². The van der Waals surface area contributed by atoms with Gasteiger partial charge in [0, 0.05) is 6.42 Å². The summed E-state index contributed by atoms with van der Waals surface area (Å²) in [4.78, 5) is 29.3. The van der Waals surface area contributed by atoms with E-state index in [-0.39, 0.29) is 18.5 Å². The van der Waals surface area contributed by atoms with E-state index in [1.165, 1.54) is 0 Å². The monoisotopic (exact) mass is 253 g/mol. The molecule has 0 aliphatic rings. The van der Waals surface area contributed by atoms with Crippen molar-refractivity contribution < 1.29 is 24.3 Å². The fraction of sp³-hybridized carbons (Fsp3) is 0.889. The molecule has 0 aromatic rings. The second-order valence-electron chi connectivity index (χ2n) is 3.96. The fourth-order valence-corrected chi connectivity index (χ4v) is 3.14. The first-order valence-electron chi connectivity index (χ1n) is 5.20. The second-order valence-corrected chi connectivity index (χ2v) is 5.61. The van der Waals surface area contributed by atoms with E-state index in [9.17, 15) is 9.36 Å². The third-order valence-electron chi connectivity index (χ3n) is 2.85. The van der Waals surface area contributed by atoms with E-state index in [0.29, 0.717) is 12.8 Å². The molecule has 1 amide bonds. The summed E-state index contributed by atoms with van der Waals surface area (Å²) < 4.78 is 11.0. The molecule has 0 saturated heterocycles. The summed E-state index contributed by atoms with van der Waals surface area (Å²) in [6.07, 6.45) is 0.735. The molecule has 0 aromatic heterocycles. The number of amides is 1. The second kappa shape index (κ2) is 6.35. The van der Waals surface area contributed by atoms with Crippen LogP contribution in [0.4, 0.5) is 0 Å². The molecule has 0 atom stereocenters. The Morgan fingerprint density at radius 2 is 1.81 bits per heavy atom. The predicted octanol–water partition coefficient (Wildman–Crippen LogP) is 0.427. The Bertz CT molecular complexity index is 271.